The lowest BCUT2D eigenvalue weighted by molar-refractivity contribution is 0.0165. The zero-order valence-electron chi connectivity index (χ0n) is 8.63. The molecule has 1 aliphatic rings. The molecule has 0 spiro atoms. The molecule has 0 bridgehead atoms. The van der Waals surface area contributed by atoms with Crippen LogP contribution in [0.3, 0.4) is 0 Å². The van der Waals surface area contributed by atoms with E-state index in [1.807, 2.05) is 6.92 Å². The molecular formula is C11H14BrClOS. The molecule has 0 saturated carbocycles. The normalized spacial score (nSPS) is 24.1. The van der Waals surface area contributed by atoms with E-state index in [0.717, 1.165) is 22.9 Å². The van der Waals surface area contributed by atoms with Crippen molar-refractivity contribution in [2.24, 2.45) is 0 Å². The van der Waals surface area contributed by atoms with Gasteiger partial charge in [0.15, 0.2) is 0 Å². The van der Waals surface area contributed by atoms with Crippen LogP contribution < -0.4 is 0 Å². The van der Waals surface area contributed by atoms with Gasteiger partial charge in [0.05, 0.1) is 15.3 Å². The highest BCUT2D eigenvalue weighted by molar-refractivity contribution is 9.09. The Morgan fingerprint density at radius 1 is 1.60 bits per heavy atom. The van der Waals surface area contributed by atoms with E-state index in [1.54, 1.807) is 11.3 Å². The molecule has 1 nitrogen and oxygen atoms in total. The average molecular weight is 310 g/mol. The summed E-state index contributed by atoms with van der Waals surface area (Å²) < 4.78 is 6.65. The maximum absolute atomic E-state index is 6.07. The van der Waals surface area contributed by atoms with Crippen molar-refractivity contribution in [1.29, 1.82) is 0 Å². The molecule has 1 saturated heterocycles. The summed E-state index contributed by atoms with van der Waals surface area (Å²) in [6.45, 7) is 2.94. The number of alkyl halides is 1. The van der Waals surface area contributed by atoms with Gasteiger partial charge in [0, 0.05) is 11.5 Å². The Labute approximate surface area is 108 Å². The second-order valence-corrected chi connectivity index (χ2v) is 6.58. The molecule has 0 aromatic carbocycles. The quantitative estimate of drug-likeness (QED) is 0.719. The zero-order valence-corrected chi connectivity index (χ0v) is 11.8. The van der Waals surface area contributed by atoms with Crippen LogP contribution in [0.15, 0.2) is 6.07 Å². The maximum Gasteiger partial charge on any atom is 0.0960 e. The van der Waals surface area contributed by atoms with Crippen LogP contribution in [0.5, 0.6) is 0 Å². The molecule has 2 unspecified atom stereocenters. The first-order valence-corrected chi connectivity index (χ1v) is 7.31. The molecule has 1 fully saturated rings. The fraction of sp³-hybridized carbons (Fsp3) is 0.636. The van der Waals surface area contributed by atoms with Crippen molar-refractivity contribution in [1.82, 2.24) is 0 Å². The Kier molecular flexibility index (Phi) is 4.10. The number of rotatable bonds is 2. The molecule has 15 heavy (non-hydrogen) atoms. The first-order valence-electron chi connectivity index (χ1n) is 5.20. The van der Waals surface area contributed by atoms with Crippen LogP contribution in [0.4, 0.5) is 0 Å². The summed E-state index contributed by atoms with van der Waals surface area (Å²) in [5, 5.41) is 0. The van der Waals surface area contributed by atoms with E-state index in [1.165, 1.54) is 17.7 Å². The Balaban J connectivity index is 2.08. The number of aryl methyl sites for hydroxylation is 1. The largest absolute Gasteiger partial charge is 0.377 e. The molecule has 84 valence electrons. The summed E-state index contributed by atoms with van der Waals surface area (Å²) in [7, 11) is 0. The van der Waals surface area contributed by atoms with Gasteiger partial charge in [0.1, 0.15) is 0 Å². The molecule has 2 rings (SSSR count). The van der Waals surface area contributed by atoms with E-state index >= 15 is 0 Å². The molecule has 4 heteroatoms. The second-order valence-electron chi connectivity index (χ2n) is 3.91. The highest BCUT2D eigenvalue weighted by Gasteiger charge is 2.25. The smallest absolute Gasteiger partial charge is 0.0960 e. The fourth-order valence-electron chi connectivity index (χ4n) is 1.80. The Morgan fingerprint density at radius 2 is 2.40 bits per heavy atom. The number of hydrogen-bond acceptors (Lipinski definition) is 2. The lowest BCUT2D eigenvalue weighted by Gasteiger charge is -2.26. The third-order valence-corrected chi connectivity index (χ3v) is 5.71. The van der Waals surface area contributed by atoms with Crippen molar-refractivity contribution in [3.63, 3.8) is 0 Å². The Hall–Kier alpha value is 0.430. The van der Waals surface area contributed by atoms with Crippen molar-refractivity contribution in [3.05, 3.63) is 20.8 Å². The van der Waals surface area contributed by atoms with Crippen LogP contribution in [0, 0.1) is 6.92 Å². The summed E-state index contributed by atoms with van der Waals surface area (Å²) in [4.78, 5) is 1.58. The van der Waals surface area contributed by atoms with Crippen LogP contribution in [0.25, 0.3) is 0 Å². The van der Waals surface area contributed by atoms with Crippen LogP contribution in [0.1, 0.15) is 34.5 Å². The minimum absolute atomic E-state index is 0.300. The number of hydrogen-bond donors (Lipinski definition) is 0. The predicted molar refractivity (Wildman–Crippen MR) is 69.3 cm³/mol. The standard InChI is InChI=1S/C11H14BrClOS/c1-7-6-9(15-11(7)13)10(12)8-4-2-3-5-14-8/h6,8,10H,2-5H2,1H3. The van der Waals surface area contributed by atoms with Gasteiger partial charge in [-0.05, 0) is 37.8 Å². The molecule has 0 aliphatic carbocycles. The SMILES string of the molecule is Cc1cc(C(Br)C2CCCCO2)sc1Cl. The van der Waals surface area contributed by atoms with Gasteiger partial charge < -0.3 is 4.74 Å². The van der Waals surface area contributed by atoms with Gasteiger partial charge in [0.2, 0.25) is 0 Å². The fourth-order valence-corrected chi connectivity index (χ4v) is 3.88. The Bertz CT molecular complexity index is 314. The Morgan fingerprint density at radius 3 is 2.93 bits per heavy atom. The summed E-state index contributed by atoms with van der Waals surface area (Å²) in [6.07, 6.45) is 3.92. The lowest BCUT2D eigenvalue weighted by Crippen LogP contribution is -2.22. The van der Waals surface area contributed by atoms with E-state index < -0.39 is 0 Å². The minimum atomic E-state index is 0.300. The van der Waals surface area contributed by atoms with E-state index in [9.17, 15) is 0 Å². The molecule has 1 aliphatic heterocycles. The van der Waals surface area contributed by atoms with Gasteiger partial charge in [-0.15, -0.1) is 11.3 Å². The first-order chi connectivity index (χ1) is 7.18. The third-order valence-electron chi connectivity index (χ3n) is 2.69. The molecule has 0 radical (unpaired) electrons. The van der Waals surface area contributed by atoms with E-state index in [2.05, 4.69) is 22.0 Å². The summed E-state index contributed by atoms with van der Waals surface area (Å²) in [6, 6.07) is 2.16. The zero-order chi connectivity index (χ0) is 10.8. The van der Waals surface area contributed by atoms with Crippen LogP contribution >= 0.6 is 38.9 Å². The van der Waals surface area contributed by atoms with Crippen molar-refractivity contribution < 1.29 is 4.74 Å². The molecule has 2 atom stereocenters. The van der Waals surface area contributed by atoms with Gasteiger partial charge in [-0.2, -0.15) is 0 Å². The summed E-state index contributed by atoms with van der Waals surface area (Å²) in [5.41, 5.74) is 1.16. The van der Waals surface area contributed by atoms with Gasteiger partial charge in [-0.3, -0.25) is 0 Å². The van der Waals surface area contributed by atoms with E-state index in [0.29, 0.717) is 10.9 Å². The summed E-state index contributed by atoms with van der Waals surface area (Å²) >= 11 is 11.4. The molecule has 1 aromatic rings. The molecule has 0 amide bonds. The minimum Gasteiger partial charge on any atom is -0.377 e. The highest BCUT2D eigenvalue weighted by Crippen LogP contribution is 2.39. The van der Waals surface area contributed by atoms with Gasteiger partial charge in [-0.1, -0.05) is 27.5 Å². The molecule has 1 aromatic heterocycles. The third kappa shape index (κ3) is 2.76. The average Bonchev–Trinajstić information content (AvgIpc) is 2.59. The lowest BCUT2D eigenvalue weighted by atomic mass is 10.1. The van der Waals surface area contributed by atoms with Crippen LogP contribution in [-0.2, 0) is 4.74 Å². The molecule has 2 heterocycles. The van der Waals surface area contributed by atoms with Crippen LogP contribution in [0.2, 0.25) is 4.34 Å². The highest BCUT2D eigenvalue weighted by atomic mass is 79.9. The predicted octanol–water partition coefficient (Wildman–Crippen LogP) is 4.72. The topological polar surface area (TPSA) is 9.23 Å². The number of ether oxygens (including phenoxy) is 1. The molecule has 0 N–H and O–H groups in total. The van der Waals surface area contributed by atoms with Gasteiger partial charge in [0.25, 0.3) is 0 Å². The molecular weight excluding hydrogens is 296 g/mol. The van der Waals surface area contributed by atoms with Crippen LogP contribution in [-0.4, -0.2) is 12.7 Å². The number of thiophene rings is 1. The monoisotopic (exact) mass is 308 g/mol. The van der Waals surface area contributed by atoms with E-state index in [-0.39, 0.29) is 0 Å². The maximum atomic E-state index is 6.07. The van der Waals surface area contributed by atoms with Gasteiger partial charge in [-0.25, -0.2) is 0 Å². The van der Waals surface area contributed by atoms with Crippen molar-refractivity contribution in [3.8, 4) is 0 Å². The first kappa shape index (κ1) is 11.9. The van der Waals surface area contributed by atoms with Crippen molar-refractivity contribution in [2.45, 2.75) is 37.1 Å². The van der Waals surface area contributed by atoms with Crippen molar-refractivity contribution in [2.75, 3.05) is 6.61 Å². The van der Waals surface area contributed by atoms with E-state index in [4.69, 9.17) is 16.3 Å². The second kappa shape index (κ2) is 5.17. The van der Waals surface area contributed by atoms with Crippen molar-refractivity contribution >= 4 is 38.9 Å². The summed E-state index contributed by atoms with van der Waals surface area (Å²) in [5.74, 6) is 0. The van der Waals surface area contributed by atoms with Gasteiger partial charge >= 0.3 is 0 Å². The number of halogens is 2.